The zero-order chi connectivity index (χ0) is 24.2. The largest absolute Gasteiger partial charge is 0.385 e. The summed E-state index contributed by atoms with van der Waals surface area (Å²) in [5.74, 6) is 3.00. The van der Waals surface area contributed by atoms with Crippen LogP contribution in [0.1, 0.15) is 29.1 Å². The Balaban J connectivity index is 1.22. The second-order valence-electron chi connectivity index (χ2n) is 9.58. The normalized spacial score (nSPS) is 14.5. The van der Waals surface area contributed by atoms with Gasteiger partial charge in [0.2, 0.25) is 0 Å². The van der Waals surface area contributed by atoms with Gasteiger partial charge >= 0.3 is 0 Å². The molecule has 7 rings (SSSR count). The molecular weight excluding hydrogens is 450 g/mol. The van der Waals surface area contributed by atoms with Crippen LogP contribution in [0, 0.1) is 6.92 Å². The molecule has 0 fully saturated rings. The minimum atomic E-state index is 0.482. The van der Waals surface area contributed by atoms with E-state index in [1.807, 2.05) is 23.1 Å². The van der Waals surface area contributed by atoms with Crippen molar-refractivity contribution in [2.24, 2.45) is 0 Å². The Morgan fingerprint density at radius 2 is 2.03 bits per heavy atom. The molecule has 2 aliphatic rings. The first-order valence-corrected chi connectivity index (χ1v) is 12.4. The number of nitrogens with one attached hydrogen (secondary N) is 2. The first kappa shape index (κ1) is 20.9. The number of aryl methyl sites for hydroxylation is 3. The minimum absolute atomic E-state index is 0.482. The number of anilines is 4. The Kier molecular flexibility index (Phi) is 4.70. The van der Waals surface area contributed by atoms with Crippen LogP contribution in [-0.2, 0) is 25.9 Å². The number of imidazole rings is 1. The molecule has 0 radical (unpaired) electrons. The highest BCUT2D eigenvalue weighted by molar-refractivity contribution is 5.95. The molecule has 0 aliphatic carbocycles. The van der Waals surface area contributed by atoms with Gasteiger partial charge in [-0.05, 0) is 48.4 Å². The average Bonchev–Trinajstić information content (AvgIpc) is 3.45. The second-order valence-corrected chi connectivity index (χ2v) is 9.58. The molecule has 0 spiro atoms. The molecule has 4 N–H and O–H groups in total. The van der Waals surface area contributed by atoms with Crippen LogP contribution in [0.5, 0.6) is 0 Å². The van der Waals surface area contributed by atoms with E-state index in [0.717, 1.165) is 65.4 Å². The van der Waals surface area contributed by atoms with E-state index < -0.39 is 0 Å². The zero-order valence-corrected chi connectivity index (χ0v) is 20.1. The number of rotatable bonds is 3. The average molecular weight is 478 g/mol. The fourth-order valence-electron chi connectivity index (χ4n) is 5.42. The monoisotopic (exact) mass is 477 g/mol. The smallest absolute Gasteiger partial charge is 0.153 e. The van der Waals surface area contributed by atoms with E-state index in [4.69, 9.17) is 15.8 Å². The third kappa shape index (κ3) is 3.46. The molecule has 0 saturated carbocycles. The summed E-state index contributed by atoms with van der Waals surface area (Å²) in [5, 5.41) is 13.5. The van der Waals surface area contributed by atoms with Crippen molar-refractivity contribution in [3.05, 3.63) is 71.6 Å². The lowest BCUT2D eigenvalue weighted by molar-refractivity contribution is 0.641. The number of nitrogens with two attached hydrogens (primary N) is 1. The molecular formula is C27H27N9. The summed E-state index contributed by atoms with van der Waals surface area (Å²) in [7, 11) is 0. The number of aromatic nitrogens is 6. The van der Waals surface area contributed by atoms with Gasteiger partial charge in [0.15, 0.2) is 5.82 Å². The van der Waals surface area contributed by atoms with E-state index in [9.17, 15) is 0 Å². The molecule has 9 nitrogen and oxygen atoms in total. The summed E-state index contributed by atoms with van der Waals surface area (Å²) in [6, 6.07) is 10.6. The minimum Gasteiger partial charge on any atom is -0.385 e. The summed E-state index contributed by atoms with van der Waals surface area (Å²) >= 11 is 0. The molecule has 4 aromatic heterocycles. The van der Waals surface area contributed by atoms with E-state index in [2.05, 4.69) is 56.4 Å². The van der Waals surface area contributed by atoms with Crippen LogP contribution < -0.4 is 16.4 Å². The SMILES string of the molecule is Cc1c(-c2cc3cc(Nc4cc5n(n4)Cc4nccn4CC5)ncc3c(N)n2)ccc2c1NCCC2. The predicted octanol–water partition coefficient (Wildman–Crippen LogP) is 4.29. The van der Waals surface area contributed by atoms with Crippen molar-refractivity contribution in [2.45, 2.75) is 39.3 Å². The van der Waals surface area contributed by atoms with Gasteiger partial charge in [0, 0.05) is 66.5 Å². The molecule has 2 aliphatic heterocycles. The highest BCUT2D eigenvalue weighted by Crippen LogP contribution is 2.35. The van der Waals surface area contributed by atoms with E-state index >= 15 is 0 Å². The number of hydrogen-bond donors (Lipinski definition) is 3. The van der Waals surface area contributed by atoms with Gasteiger partial charge in [-0.2, -0.15) is 5.10 Å². The maximum absolute atomic E-state index is 6.39. The summed E-state index contributed by atoms with van der Waals surface area (Å²) in [6.45, 7) is 4.73. The summed E-state index contributed by atoms with van der Waals surface area (Å²) in [4.78, 5) is 13.8. The lowest BCUT2D eigenvalue weighted by atomic mass is 9.94. The molecule has 0 unspecified atom stereocenters. The molecule has 5 aromatic rings. The van der Waals surface area contributed by atoms with Gasteiger partial charge in [-0.1, -0.05) is 12.1 Å². The van der Waals surface area contributed by atoms with Crippen LogP contribution in [-0.4, -0.2) is 35.8 Å². The molecule has 0 amide bonds. The molecule has 6 heterocycles. The maximum atomic E-state index is 6.39. The van der Waals surface area contributed by atoms with Gasteiger partial charge < -0.3 is 20.9 Å². The van der Waals surface area contributed by atoms with Crippen molar-refractivity contribution in [1.82, 2.24) is 29.3 Å². The number of hydrogen-bond acceptors (Lipinski definition) is 7. The van der Waals surface area contributed by atoms with Crippen molar-refractivity contribution < 1.29 is 0 Å². The zero-order valence-electron chi connectivity index (χ0n) is 20.1. The standard InChI is InChI=1S/C27H27N9/c1-16-20(5-4-17-3-2-7-30-26(16)17)22-11-18-12-23(31-14-21(18)27(28)32-22)33-24-13-19-6-9-35-10-8-29-25(35)15-36(19)34-24/h4-5,8,10-14,30H,2-3,6-7,9,15H2,1H3,(H2,28,32)(H,31,33,34). The van der Waals surface area contributed by atoms with Crippen molar-refractivity contribution in [3.63, 3.8) is 0 Å². The number of fused-ring (bicyclic) bond motifs is 4. The van der Waals surface area contributed by atoms with E-state index in [1.165, 1.54) is 28.9 Å². The van der Waals surface area contributed by atoms with E-state index in [0.29, 0.717) is 12.4 Å². The highest BCUT2D eigenvalue weighted by Gasteiger charge is 2.18. The Hall–Kier alpha value is -4.40. The van der Waals surface area contributed by atoms with Gasteiger partial charge in [-0.3, -0.25) is 4.68 Å². The summed E-state index contributed by atoms with van der Waals surface area (Å²) < 4.78 is 4.20. The lowest BCUT2D eigenvalue weighted by Gasteiger charge is -2.22. The molecule has 1 aromatic carbocycles. The quantitative estimate of drug-likeness (QED) is 0.355. The lowest BCUT2D eigenvalue weighted by Crippen LogP contribution is -2.13. The molecule has 9 heteroatoms. The highest BCUT2D eigenvalue weighted by atomic mass is 15.3. The Bertz CT molecular complexity index is 1630. The van der Waals surface area contributed by atoms with E-state index in [1.54, 1.807) is 6.20 Å². The topological polar surface area (TPSA) is 112 Å². The molecule has 180 valence electrons. The Labute approximate surface area is 208 Å². The van der Waals surface area contributed by atoms with Crippen molar-refractivity contribution in [2.75, 3.05) is 22.9 Å². The van der Waals surface area contributed by atoms with Crippen LogP contribution in [0.15, 0.2) is 48.9 Å². The van der Waals surface area contributed by atoms with Gasteiger partial charge in [-0.15, -0.1) is 0 Å². The summed E-state index contributed by atoms with van der Waals surface area (Å²) in [5.41, 5.74) is 13.3. The van der Waals surface area contributed by atoms with Gasteiger partial charge in [0.1, 0.15) is 17.5 Å². The second kappa shape index (κ2) is 8.08. The first-order valence-electron chi connectivity index (χ1n) is 12.4. The van der Waals surface area contributed by atoms with Gasteiger partial charge in [0.25, 0.3) is 0 Å². The van der Waals surface area contributed by atoms with Gasteiger partial charge in [-0.25, -0.2) is 15.0 Å². The molecule has 0 bridgehead atoms. The maximum Gasteiger partial charge on any atom is 0.153 e. The van der Waals surface area contributed by atoms with Gasteiger partial charge in [0.05, 0.1) is 12.2 Å². The number of nitrogens with zero attached hydrogens (tertiary/aromatic N) is 6. The Morgan fingerprint density at radius 1 is 1.08 bits per heavy atom. The van der Waals surface area contributed by atoms with E-state index in [-0.39, 0.29) is 0 Å². The Morgan fingerprint density at radius 3 is 2.97 bits per heavy atom. The number of nitrogen functional groups attached to an aromatic ring is 1. The van der Waals surface area contributed by atoms with Crippen LogP contribution in [0.3, 0.4) is 0 Å². The van der Waals surface area contributed by atoms with Crippen molar-refractivity contribution in [3.8, 4) is 11.3 Å². The van der Waals surface area contributed by atoms with Crippen LogP contribution in [0.2, 0.25) is 0 Å². The first-order chi connectivity index (χ1) is 17.6. The third-order valence-electron chi connectivity index (χ3n) is 7.32. The molecule has 36 heavy (non-hydrogen) atoms. The fraction of sp³-hybridized carbons (Fsp3) is 0.259. The predicted molar refractivity (Wildman–Crippen MR) is 141 cm³/mol. The third-order valence-corrected chi connectivity index (χ3v) is 7.32. The van der Waals surface area contributed by atoms with Crippen molar-refractivity contribution >= 4 is 33.9 Å². The number of benzene rings is 1. The summed E-state index contributed by atoms with van der Waals surface area (Å²) in [6.07, 6.45) is 8.83. The molecule has 0 atom stereocenters. The van der Waals surface area contributed by atoms with Crippen LogP contribution >= 0.6 is 0 Å². The number of pyridine rings is 2. The van der Waals surface area contributed by atoms with Crippen molar-refractivity contribution in [1.29, 1.82) is 0 Å². The molecule has 0 saturated heterocycles. The van der Waals surface area contributed by atoms with Crippen LogP contribution in [0.4, 0.5) is 23.1 Å². The fourth-order valence-corrected chi connectivity index (χ4v) is 5.42. The van der Waals surface area contributed by atoms with Crippen LogP contribution in [0.25, 0.3) is 22.0 Å².